The van der Waals surface area contributed by atoms with Gasteiger partial charge in [0.2, 0.25) is 5.88 Å². The van der Waals surface area contributed by atoms with E-state index in [0.717, 1.165) is 5.69 Å². The van der Waals surface area contributed by atoms with Crippen LogP contribution in [-0.4, -0.2) is 23.0 Å². The molecular formula is C13H13N3O2. The number of carbonyl (C=O) groups is 1. The van der Waals surface area contributed by atoms with Crippen LogP contribution in [0.2, 0.25) is 0 Å². The highest BCUT2D eigenvalue weighted by Gasteiger charge is 2.07. The molecule has 0 saturated carbocycles. The fourth-order valence-electron chi connectivity index (χ4n) is 1.42. The van der Waals surface area contributed by atoms with Gasteiger partial charge in [0.25, 0.3) is 5.91 Å². The number of hydrogen-bond acceptors (Lipinski definition) is 4. The number of nitrogens with zero attached hydrogens (tertiary/aromatic N) is 2. The van der Waals surface area contributed by atoms with Gasteiger partial charge >= 0.3 is 0 Å². The largest absolute Gasteiger partial charge is 0.481 e. The highest BCUT2D eigenvalue weighted by Crippen LogP contribution is 2.06. The maximum absolute atomic E-state index is 11.8. The average molecular weight is 243 g/mol. The Kier molecular flexibility index (Phi) is 3.86. The number of methoxy groups -OCH3 is 1. The zero-order valence-electron chi connectivity index (χ0n) is 9.96. The number of aromatic nitrogens is 2. The molecule has 0 aliphatic heterocycles. The van der Waals surface area contributed by atoms with E-state index in [1.807, 2.05) is 18.2 Å². The summed E-state index contributed by atoms with van der Waals surface area (Å²) in [6.07, 6.45) is 1.69. The summed E-state index contributed by atoms with van der Waals surface area (Å²) in [6, 6.07) is 10.6. The molecule has 0 radical (unpaired) electrons. The highest BCUT2D eigenvalue weighted by molar-refractivity contribution is 5.92. The third-order valence-corrected chi connectivity index (χ3v) is 2.32. The van der Waals surface area contributed by atoms with Gasteiger partial charge in [-0.05, 0) is 18.2 Å². The topological polar surface area (TPSA) is 64.1 Å². The second kappa shape index (κ2) is 5.77. The van der Waals surface area contributed by atoms with Crippen LogP contribution in [0.3, 0.4) is 0 Å². The lowest BCUT2D eigenvalue weighted by Gasteiger charge is -2.05. The summed E-state index contributed by atoms with van der Waals surface area (Å²) in [6.45, 7) is 0.374. The number of carbonyl (C=O) groups excluding carboxylic acids is 1. The van der Waals surface area contributed by atoms with Crippen LogP contribution < -0.4 is 10.1 Å². The van der Waals surface area contributed by atoms with E-state index in [4.69, 9.17) is 4.74 Å². The first-order chi connectivity index (χ1) is 8.79. The second-order valence-electron chi connectivity index (χ2n) is 3.57. The van der Waals surface area contributed by atoms with Gasteiger partial charge in [-0.25, -0.2) is 4.98 Å². The van der Waals surface area contributed by atoms with Crippen LogP contribution in [0.4, 0.5) is 0 Å². The van der Waals surface area contributed by atoms with Crippen molar-refractivity contribution in [2.24, 2.45) is 0 Å². The molecule has 5 nitrogen and oxygen atoms in total. The van der Waals surface area contributed by atoms with Crippen molar-refractivity contribution in [3.05, 3.63) is 54.0 Å². The Bertz CT molecular complexity index is 529. The maximum Gasteiger partial charge on any atom is 0.270 e. The van der Waals surface area contributed by atoms with Crippen LogP contribution in [0.5, 0.6) is 5.88 Å². The minimum Gasteiger partial charge on any atom is -0.481 e. The Labute approximate surface area is 105 Å². The molecular weight excluding hydrogens is 230 g/mol. The van der Waals surface area contributed by atoms with Crippen molar-refractivity contribution in [3.63, 3.8) is 0 Å². The number of amides is 1. The summed E-state index contributed by atoms with van der Waals surface area (Å²) in [5, 5.41) is 2.75. The lowest BCUT2D eigenvalue weighted by molar-refractivity contribution is 0.0944. The highest BCUT2D eigenvalue weighted by atomic mass is 16.5. The summed E-state index contributed by atoms with van der Waals surface area (Å²) >= 11 is 0. The summed E-state index contributed by atoms with van der Waals surface area (Å²) < 4.78 is 4.96. The molecule has 0 bridgehead atoms. The zero-order chi connectivity index (χ0) is 12.8. The first-order valence-electron chi connectivity index (χ1n) is 5.49. The number of rotatable bonds is 4. The Morgan fingerprint density at radius 3 is 2.89 bits per heavy atom. The third kappa shape index (κ3) is 3.04. The first kappa shape index (κ1) is 12.0. The van der Waals surface area contributed by atoms with Crippen molar-refractivity contribution in [1.29, 1.82) is 0 Å². The van der Waals surface area contributed by atoms with Gasteiger partial charge in [0.05, 0.1) is 19.3 Å². The Balaban J connectivity index is 1.99. The van der Waals surface area contributed by atoms with Gasteiger partial charge in [-0.2, -0.15) is 0 Å². The predicted octanol–water partition coefficient (Wildman–Crippen LogP) is 1.42. The first-order valence-corrected chi connectivity index (χ1v) is 5.49. The minimum atomic E-state index is -0.250. The van der Waals surface area contributed by atoms with E-state index in [1.165, 1.54) is 7.11 Å². The molecule has 0 aromatic carbocycles. The Morgan fingerprint density at radius 2 is 2.17 bits per heavy atom. The molecule has 2 rings (SSSR count). The maximum atomic E-state index is 11.8. The van der Waals surface area contributed by atoms with Crippen molar-refractivity contribution in [1.82, 2.24) is 15.3 Å². The van der Waals surface area contributed by atoms with Gasteiger partial charge < -0.3 is 10.1 Å². The number of pyridine rings is 2. The fraction of sp³-hybridized carbons (Fsp3) is 0.154. The van der Waals surface area contributed by atoms with E-state index in [9.17, 15) is 4.79 Å². The minimum absolute atomic E-state index is 0.250. The molecule has 2 aromatic rings. The van der Waals surface area contributed by atoms with Crippen molar-refractivity contribution in [2.45, 2.75) is 6.54 Å². The van der Waals surface area contributed by atoms with Crippen LogP contribution in [0.25, 0.3) is 0 Å². The second-order valence-corrected chi connectivity index (χ2v) is 3.57. The van der Waals surface area contributed by atoms with Gasteiger partial charge in [-0.3, -0.25) is 9.78 Å². The van der Waals surface area contributed by atoms with Crippen LogP contribution in [0.1, 0.15) is 16.2 Å². The van der Waals surface area contributed by atoms with Crippen molar-refractivity contribution in [2.75, 3.05) is 7.11 Å². The van der Waals surface area contributed by atoms with Crippen LogP contribution in [-0.2, 0) is 6.54 Å². The predicted molar refractivity (Wildman–Crippen MR) is 66.2 cm³/mol. The lowest BCUT2D eigenvalue weighted by atomic mass is 10.3. The number of nitrogens with one attached hydrogen (secondary N) is 1. The molecule has 0 spiro atoms. The average Bonchev–Trinajstić information content (AvgIpc) is 2.46. The van der Waals surface area contributed by atoms with Crippen molar-refractivity contribution < 1.29 is 9.53 Å². The molecule has 1 N–H and O–H groups in total. The third-order valence-electron chi connectivity index (χ3n) is 2.32. The smallest absolute Gasteiger partial charge is 0.270 e. The lowest BCUT2D eigenvalue weighted by Crippen LogP contribution is -2.24. The van der Waals surface area contributed by atoms with Crippen LogP contribution >= 0.6 is 0 Å². The van der Waals surface area contributed by atoms with Gasteiger partial charge in [0.15, 0.2) is 0 Å². The summed E-state index contributed by atoms with van der Waals surface area (Å²) in [5.74, 6) is 0.167. The monoisotopic (exact) mass is 243 g/mol. The molecule has 2 aromatic heterocycles. The summed E-state index contributed by atoms with van der Waals surface area (Å²) in [5.41, 5.74) is 1.12. The quantitative estimate of drug-likeness (QED) is 0.882. The summed E-state index contributed by atoms with van der Waals surface area (Å²) in [7, 11) is 1.51. The molecule has 2 heterocycles. The Morgan fingerprint density at radius 1 is 1.28 bits per heavy atom. The number of ether oxygens (including phenoxy) is 1. The van der Waals surface area contributed by atoms with E-state index < -0.39 is 0 Å². The molecule has 92 valence electrons. The standard InChI is InChI=1S/C13H13N3O2/c1-18-12-7-4-6-11(16-12)13(17)15-9-10-5-2-3-8-14-10/h2-8H,9H2,1H3,(H,15,17). The molecule has 18 heavy (non-hydrogen) atoms. The van der Waals surface area contributed by atoms with E-state index in [-0.39, 0.29) is 5.91 Å². The van der Waals surface area contributed by atoms with E-state index >= 15 is 0 Å². The number of hydrogen-bond donors (Lipinski definition) is 1. The van der Waals surface area contributed by atoms with Gasteiger partial charge in [0, 0.05) is 12.3 Å². The van der Waals surface area contributed by atoms with Gasteiger partial charge in [0.1, 0.15) is 5.69 Å². The molecule has 1 amide bonds. The molecule has 0 saturated heterocycles. The fourth-order valence-corrected chi connectivity index (χ4v) is 1.42. The Hall–Kier alpha value is -2.43. The molecule has 0 atom stereocenters. The molecule has 0 aliphatic carbocycles. The van der Waals surface area contributed by atoms with E-state index in [2.05, 4.69) is 15.3 Å². The van der Waals surface area contributed by atoms with Crippen LogP contribution in [0.15, 0.2) is 42.6 Å². The molecule has 0 fully saturated rings. The SMILES string of the molecule is COc1cccc(C(=O)NCc2ccccn2)n1. The van der Waals surface area contributed by atoms with Crippen LogP contribution in [0, 0.1) is 0 Å². The normalized spacial score (nSPS) is 9.83. The van der Waals surface area contributed by atoms with E-state index in [1.54, 1.807) is 24.4 Å². The van der Waals surface area contributed by atoms with Gasteiger partial charge in [-0.15, -0.1) is 0 Å². The van der Waals surface area contributed by atoms with E-state index in [0.29, 0.717) is 18.1 Å². The van der Waals surface area contributed by atoms with Crippen molar-refractivity contribution in [3.8, 4) is 5.88 Å². The van der Waals surface area contributed by atoms with Crippen molar-refractivity contribution >= 4 is 5.91 Å². The summed E-state index contributed by atoms with van der Waals surface area (Å²) in [4.78, 5) is 20.0. The molecule has 0 unspecified atom stereocenters. The molecule has 5 heteroatoms. The zero-order valence-corrected chi connectivity index (χ0v) is 9.96. The molecule has 0 aliphatic rings. The van der Waals surface area contributed by atoms with Gasteiger partial charge in [-0.1, -0.05) is 12.1 Å².